The molecule has 0 saturated heterocycles. The number of benzene rings is 2. The van der Waals surface area contributed by atoms with Gasteiger partial charge in [-0.1, -0.05) is 66.7 Å². The van der Waals surface area contributed by atoms with Crippen molar-refractivity contribution in [2.45, 2.75) is 25.0 Å². The van der Waals surface area contributed by atoms with Crippen molar-refractivity contribution in [1.29, 1.82) is 0 Å². The van der Waals surface area contributed by atoms with Crippen LogP contribution in [0.4, 0.5) is 0 Å². The molecule has 3 rings (SSSR count). The third-order valence-electron chi connectivity index (χ3n) is 4.23. The van der Waals surface area contributed by atoms with Crippen molar-refractivity contribution in [3.63, 3.8) is 0 Å². The van der Waals surface area contributed by atoms with Gasteiger partial charge in [0.1, 0.15) is 5.60 Å². The molecule has 1 N–H and O–H groups in total. The molecule has 2 aromatic carbocycles. The highest BCUT2D eigenvalue weighted by Crippen LogP contribution is 2.30. The lowest BCUT2D eigenvalue weighted by Gasteiger charge is -2.25. The monoisotopic (exact) mass is 361 g/mol. The molecule has 0 saturated carbocycles. The van der Waals surface area contributed by atoms with Crippen molar-refractivity contribution in [2.75, 3.05) is 0 Å². The molecule has 1 radical (unpaired) electrons. The zero-order chi connectivity index (χ0) is 19.0. The molecule has 1 amide bonds. The van der Waals surface area contributed by atoms with Crippen molar-refractivity contribution in [3.05, 3.63) is 102 Å². The molecule has 0 aliphatic heterocycles. The standard InChI is InChI=1S/C22H21N2O3/c25-21(24-27-17-18-8-3-1-4-9-18)15-22(26,20-11-5-2-6-12-20)14-19-10-7-13-23-16-19/h1-13,16H,14-15,17H2,(H,24,25). The van der Waals surface area contributed by atoms with E-state index in [4.69, 9.17) is 4.84 Å². The van der Waals surface area contributed by atoms with Crippen LogP contribution in [0.15, 0.2) is 85.2 Å². The number of aromatic nitrogens is 1. The molecule has 3 aromatic rings. The maximum Gasteiger partial charge on any atom is 0.246 e. The summed E-state index contributed by atoms with van der Waals surface area (Å²) in [6.45, 7) is 0.242. The van der Waals surface area contributed by atoms with E-state index in [2.05, 4.69) is 10.5 Å². The zero-order valence-electron chi connectivity index (χ0n) is 14.9. The third-order valence-corrected chi connectivity index (χ3v) is 4.23. The summed E-state index contributed by atoms with van der Waals surface area (Å²) < 4.78 is 0. The van der Waals surface area contributed by atoms with Crippen LogP contribution in [0, 0.1) is 0 Å². The number of hydrogen-bond donors (Lipinski definition) is 1. The molecule has 1 atom stereocenters. The number of nitrogens with zero attached hydrogens (tertiary/aromatic N) is 1. The van der Waals surface area contributed by atoms with Gasteiger partial charge in [-0.05, 0) is 22.8 Å². The molecular formula is C22H21N2O3. The highest BCUT2D eigenvalue weighted by molar-refractivity contribution is 5.76. The SMILES string of the molecule is [O]C(CC(=O)NOCc1ccccc1)(Cc1cccnc1)c1ccccc1. The quantitative estimate of drug-likeness (QED) is 0.623. The van der Waals surface area contributed by atoms with E-state index in [9.17, 15) is 9.90 Å². The average molecular weight is 361 g/mol. The lowest BCUT2D eigenvalue weighted by molar-refractivity contribution is -0.143. The van der Waals surface area contributed by atoms with Crippen LogP contribution in [0.5, 0.6) is 0 Å². The number of hydrogen-bond acceptors (Lipinski definition) is 3. The van der Waals surface area contributed by atoms with Crippen LogP contribution in [-0.2, 0) is 33.4 Å². The molecule has 0 aliphatic carbocycles. The summed E-state index contributed by atoms with van der Waals surface area (Å²) in [6, 6.07) is 22.1. The molecule has 0 spiro atoms. The topological polar surface area (TPSA) is 71.1 Å². The first-order valence-corrected chi connectivity index (χ1v) is 8.75. The fraction of sp³-hybridized carbons (Fsp3) is 0.182. The number of nitrogens with one attached hydrogen (secondary N) is 1. The normalized spacial score (nSPS) is 12.9. The average Bonchev–Trinajstić information content (AvgIpc) is 2.70. The highest BCUT2D eigenvalue weighted by Gasteiger charge is 2.35. The Morgan fingerprint density at radius 1 is 0.926 bits per heavy atom. The lowest BCUT2D eigenvalue weighted by atomic mass is 9.84. The Labute approximate surface area is 158 Å². The largest absolute Gasteiger partial charge is 0.273 e. The number of pyridine rings is 1. The van der Waals surface area contributed by atoms with Gasteiger partial charge in [-0.2, -0.15) is 0 Å². The molecule has 0 fully saturated rings. The van der Waals surface area contributed by atoms with Crippen molar-refractivity contribution < 1.29 is 14.7 Å². The second-order valence-corrected chi connectivity index (χ2v) is 6.37. The first kappa shape index (κ1) is 18.8. The van der Waals surface area contributed by atoms with E-state index in [1.165, 1.54) is 0 Å². The van der Waals surface area contributed by atoms with E-state index in [1.807, 2.05) is 42.5 Å². The second-order valence-electron chi connectivity index (χ2n) is 6.37. The van der Waals surface area contributed by atoms with Gasteiger partial charge < -0.3 is 0 Å². The van der Waals surface area contributed by atoms with Gasteiger partial charge >= 0.3 is 0 Å². The summed E-state index contributed by atoms with van der Waals surface area (Å²) in [5, 5.41) is 13.6. The first-order chi connectivity index (χ1) is 13.2. The summed E-state index contributed by atoms with van der Waals surface area (Å²) in [5.74, 6) is -0.450. The fourth-order valence-corrected chi connectivity index (χ4v) is 2.91. The van der Waals surface area contributed by atoms with Gasteiger partial charge in [-0.15, -0.1) is 0 Å². The zero-order valence-corrected chi connectivity index (χ0v) is 14.9. The Kier molecular flexibility index (Phi) is 6.30. The molecule has 0 bridgehead atoms. The maximum absolute atomic E-state index is 13.6. The molecule has 0 aliphatic rings. The van der Waals surface area contributed by atoms with Gasteiger partial charge in [0.15, 0.2) is 0 Å². The van der Waals surface area contributed by atoms with E-state index >= 15 is 0 Å². The van der Waals surface area contributed by atoms with Gasteiger partial charge in [-0.25, -0.2) is 10.6 Å². The molecule has 1 heterocycles. The number of amides is 1. The van der Waals surface area contributed by atoms with E-state index in [0.717, 1.165) is 11.1 Å². The van der Waals surface area contributed by atoms with E-state index < -0.39 is 11.5 Å². The van der Waals surface area contributed by atoms with Crippen molar-refractivity contribution in [2.24, 2.45) is 0 Å². The minimum atomic E-state index is -1.61. The van der Waals surface area contributed by atoms with Gasteiger partial charge in [0, 0.05) is 18.8 Å². The molecule has 5 nitrogen and oxygen atoms in total. The van der Waals surface area contributed by atoms with Crippen LogP contribution in [0.3, 0.4) is 0 Å². The van der Waals surface area contributed by atoms with Crippen LogP contribution in [0.2, 0.25) is 0 Å². The van der Waals surface area contributed by atoms with Crippen molar-refractivity contribution >= 4 is 5.91 Å². The van der Waals surface area contributed by atoms with Crippen LogP contribution in [0.25, 0.3) is 0 Å². The molecule has 137 valence electrons. The van der Waals surface area contributed by atoms with Crippen molar-refractivity contribution in [3.8, 4) is 0 Å². The third kappa shape index (κ3) is 5.48. The van der Waals surface area contributed by atoms with Crippen LogP contribution >= 0.6 is 0 Å². The Morgan fingerprint density at radius 3 is 2.26 bits per heavy atom. The summed E-state index contributed by atoms with van der Waals surface area (Å²) in [6.07, 6.45) is 3.24. The Balaban J connectivity index is 1.66. The van der Waals surface area contributed by atoms with Gasteiger partial charge in [0.25, 0.3) is 0 Å². The summed E-state index contributed by atoms with van der Waals surface area (Å²) in [4.78, 5) is 21.7. The van der Waals surface area contributed by atoms with Crippen LogP contribution in [0.1, 0.15) is 23.1 Å². The van der Waals surface area contributed by atoms with Crippen LogP contribution in [-0.4, -0.2) is 10.9 Å². The Hall–Kier alpha value is -3.02. The number of carbonyl (C=O) groups excluding carboxylic acids is 1. The number of rotatable bonds is 8. The number of carbonyl (C=O) groups is 1. The van der Waals surface area contributed by atoms with E-state index in [1.54, 1.807) is 42.7 Å². The molecule has 1 unspecified atom stereocenters. The molecule has 1 aromatic heterocycles. The van der Waals surface area contributed by atoms with Crippen molar-refractivity contribution in [1.82, 2.24) is 10.5 Å². The summed E-state index contributed by atoms with van der Waals surface area (Å²) in [5.41, 5.74) is 3.06. The fourth-order valence-electron chi connectivity index (χ4n) is 2.91. The minimum absolute atomic E-state index is 0.164. The summed E-state index contributed by atoms with van der Waals surface area (Å²) >= 11 is 0. The van der Waals surface area contributed by atoms with Crippen LogP contribution < -0.4 is 5.48 Å². The van der Waals surface area contributed by atoms with Gasteiger partial charge in [-0.3, -0.25) is 14.6 Å². The maximum atomic E-state index is 13.6. The first-order valence-electron chi connectivity index (χ1n) is 8.75. The number of hydroxylamine groups is 1. The van der Waals surface area contributed by atoms with E-state index in [-0.39, 0.29) is 19.4 Å². The molecule has 5 heteroatoms. The Bertz CT molecular complexity index is 841. The smallest absolute Gasteiger partial charge is 0.246 e. The second kappa shape index (κ2) is 9.07. The minimum Gasteiger partial charge on any atom is -0.273 e. The lowest BCUT2D eigenvalue weighted by Crippen LogP contribution is -2.35. The molecular weight excluding hydrogens is 340 g/mol. The van der Waals surface area contributed by atoms with E-state index in [0.29, 0.717) is 5.56 Å². The van der Waals surface area contributed by atoms with Gasteiger partial charge in [0.2, 0.25) is 5.91 Å². The molecule has 27 heavy (non-hydrogen) atoms. The Morgan fingerprint density at radius 2 is 1.59 bits per heavy atom. The van der Waals surface area contributed by atoms with Gasteiger partial charge in [0.05, 0.1) is 13.0 Å². The predicted octanol–water partition coefficient (Wildman–Crippen LogP) is 3.59. The summed E-state index contributed by atoms with van der Waals surface area (Å²) in [7, 11) is 0. The predicted molar refractivity (Wildman–Crippen MR) is 101 cm³/mol. The highest BCUT2D eigenvalue weighted by atomic mass is 16.6.